The van der Waals surface area contributed by atoms with Gasteiger partial charge in [-0.2, -0.15) is 0 Å². The number of rotatable bonds is 2. The first-order chi connectivity index (χ1) is 8.49. The van der Waals surface area contributed by atoms with Gasteiger partial charge in [-0.1, -0.05) is 12.1 Å². The Morgan fingerprint density at radius 3 is 2.56 bits per heavy atom. The number of nitrogens with zero attached hydrogens (tertiary/aromatic N) is 1. The minimum absolute atomic E-state index is 0.0228. The van der Waals surface area contributed by atoms with Crippen molar-refractivity contribution in [2.75, 3.05) is 17.7 Å². The van der Waals surface area contributed by atoms with Gasteiger partial charge in [0.25, 0.3) is 5.91 Å². The molecule has 0 saturated carbocycles. The van der Waals surface area contributed by atoms with Crippen molar-refractivity contribution in [3.05, 3.63) is 45.6 Å². The van der Waals surface area contributed by atoms with Crippen LogP contribution in [-0.2, 0) is 0 Å². The van der Waals surface area contributed by atoms with Crippen molar-refractivity contribution in [1.82, 2.24) is 0 Å². The number of anilines is 2. The van der Waals surface area contributed by atoms with Gasteiger partial charge in [0.15, 0.2) is 0 Å². The smallest absolute Gasteiger partial charge is 0.268 e. The number of carbonyl (C=O) groups excluding carboxylic acids is 1. The summed E-state index contributed by atoms with van der Waals surface area (Å²) in [7, 11) is 1.78. The molecule has 0 unspecified atom stereocenters. The first-order valence-electron chi connectivity index (χ1n) is 5.69. The normalized spacial score (nSPS) is 10.4. The average molecular weight is 260 g/mol. The van der Waals surface area contributed by atoms with Gasteiger partial charge < -0.3 is 10.6 Å². The summed E-state index contributed by atoms with van der Waals surface area (Å²) < 4.78 is 0. The highest BCUT2D eigenvalue weighted by atomic mass is 32.1. The predicted octanol–water partition coefficient (Wildman–Crippen LogP) is 3.22. The van der Waals surface area contributed by atoms with Crippen LogP contribution in [0.25, 0.3) is 0 Å². The van der Waals surface area contributed by atoms with Crippen molar-refractivity contribution < 1.29 is 4.79 Å². The zero-order valence-electron chi connectivity index (χ0n) is 10.7. The minimum Gasteiger partial charge on any atom is -0.398 e. The van der Waals surface area contributed by atoms with E-state index in [-0.39, 0.29) is 5.91 Å². The molecule has 0 aliphatic rings. The molecule has 0 atom stereocenters. The van der Waals surface area contributed by atoms with Crippen LogP contribution in [0.3, 0.4) is 0 Å². The van der Waals surface area contributed by atoms with E-state index in [1.807, 2.05) is 38.1 Å². The Kier molecular flexibility index (Phi) is 3.39. The van der Waals surface area contributed by atoms with Gasteiger partial charge in [-0.15, -0.1) is 11.3 Å². The van der Waals surface area contributed by atoms with E-state index in [2.05, 4.69) is 0 Å². The van der Waals surface area contributed by atoms with Gasteiger partial charge in [0.2, 0.25) is 0 Å². The fraction of sp³-hybridized carbons (Fsp3) is 0.214. The molecule has 0 saturated heterocycles. The number of thiophene rings is 1. The summed E-state index contributed by atoms with van der Waals surface area (Å²) in [5.41, 5.74) is 8.49. The van der Waals surface area contributed by atoms with Crippen molar-refractivity contribution in [1.29, 1.82) is 0 Å². The maximum Gasteiger partial charge on any atom is 0.268 e. The highest BCUT2D eigenvalue weighted by Gasteiger charge is 2.16. The zero-order valence-corrected chi connectivity index (χ0v) is 11.5. The molecule has 1 aromatic heterocycles. The number of aryl methyl sites for hydroxylation is 2. The lowest BCUT2D eigenvalue weighted by Gasteiger charge is -2.16. The van der Waals surface area contributed by atoms with Crippen LogP contribution in [0.5, 0.6) is 0 Å². The largest absolute Gasteiger partial charge is 0.398 e. The van der Waals surface area contributed by atoms with Crippen LogP contribution < -0.4 is 10.6 Å². The Labute approximate surface area is 111 Å². The van der Waals surface area contributed by atoms with Crippen molar-refractivity contribution in [2.24, 2.45) is 0 Å². The molecule has 3 nitrogen and oxygen atoms in total. The van der Waals surface area contributed by atoms with E-state index in [1.165, 1.54) is 11.3 Å². The molecule has 1 aromatic carbocycles. The molecule has 2 N–H and O–H groups in total. The fourth-order valence-electron chi connectivity index (χ4n) is 1.72. The SMILES string of the molecule is Cc1cccc(N(C)C(=O)c2cc(N)c(C)s2)c1. The maximum absolute atomic E-state index is 12.3. The van der Waals surface area contributed by atoms with Crippen LogP contribution in [0, 0.1) is 13.8 Å². The second-order valence-electron chi connectivity index (χ2n) is 4.33. The monoisotopic (exact) mass is 260 g/mol. The molecule has 2 aromatic rings. The molecule has 0 aliphatic heterocycles. The summed E-state index contributed by atoms with van der Waals surface area (Å²) in [5, 5.41) is 0. The average Bonchev–Trinajstić information content (AvgIpc) is 2.68. The number of amides is 1. The first-order valence-corrected chi connectivity index (χ1v) is 6.51. The molecule has 1 amide bonds. The van der Waals surface area contributed by atoms with Gasteiger partial charge in [0, 0.05) is 23.3 Å². The number of hydrogen-bond donors (Lipinski definition) is 1. The fourth-order valence-corrected chi connectivity index (χ4v) is 2.64. The van der Waals surface area contributed by atoms with Crippen LogP contribution in [0.2, 0.25) is 0 Å². The second kappa shape index (κ2) is 4.82. The minimum atomic E-state index is -0.0228. The topological polar surface area (TPSA) is 46.3 Å². The molecular formula is C14H16N2OS. The van der Waals surface area contributed by atoms with Crippen LogP contribution in [0.1, 0.15) is 20.1 Å². The molecular weight excluding hydrogens is 244 g/mol. The maximum atomic E-state index is 12.3. The van der Waals surface area contributed by atoms with E-state index < -0.39 is 0 Å². The second-order valence-corrected chi connectivity index (χ2v) is 5.58. The summed E-state index contributed by atoms with van der Waals surface area (Å²) in [6.07, 6.45) is 0. The van der Waals surface area contributed by atoms with E-state index in [1.54, 1.807) is 18.0 Å². The number of carbonyl (C=O) groups is 1. The van der Waals surface area contributed by atoms with Crippen molar-refractivity contribution in [3.8, 4) is 0 Å². The number of benzene rings is 1. The van der Waals surface area contributed by atoms with E-state index in [0.29, 0.717) is 10.6 Å². The molecule has 18 heavy (non-hydrogen) atoms. The molecule has 1 heterocycles. The lowest BCUT2D eigenvalue weighted by molar-refractivity contribution is 0.0997. The molecule has 2 rings (SSSR count). The number of nitrogens with two attached hydrogens (primary N) is 1. The number of hydrogen-bond acceptors (Lipinski definition) is 3. The van der Waals surface area contributed by atoms with Gasteiger partial charge in [0.05, 0.1) is 4.88 Å². The van der Waals surface area contributed by atoms with Crippen LogP contribution in [0.15, 0.2) is 30.3 Å². The molecule has 0 bridgehead atoms. The summed E-state index contributed by atoms with van der Waals surface area (Å²) in [5.74, 6) is -0.0228. The van der Waals surface area contributed by atoms with E-state index in [4.69, 9.17) is 5.73 Å². The summed E-state index contributed by atoms with van der Waals surface area (Å²) in [6.45, 7) is 3.93. The lowest BCUT2D eigenvalue weighted by atomic mass is 10.2. The summed E-state index contributed by atoms with van der Waals surface area (Å²) in [6, 6.07) is 9.61. The van der Waals surface area contributed by atoms with Crippen LogP contribution in [0.4, 0.5) is 11.4 Å². The Balaban J connectivity index is 2.29. The first kappa shape index (κ1) is 12.6. The highest BCUT2D eigenvalue weighted by molar-refractivity contribution is 7.14. The Morgan fingerprint density at radius 1 is 1.28 bits per heavy atom. The third kappa shape index (κ3) is 2.38. The third-order valence-corrected chi connectivity index (χ3v) is 3.91. The summed E-state index contributed by atoms with van der Waals surface area (Å²) in [4.78, 5) is 15.6. The quantitative estimate of drug-likeness (QED) is 0.901. The molecule has 0 radical (unpaired) electrons. The van der Waals surface area contributed by atoms with Crippen molar-refractivity contribution >= 4 is 28.6 Å². The Bertz CT molecular complexity index is 570. The third-order valence-electron chi connectivity index (χ3n) is 2.86. The Morgan fingerprint density at radius 2 is 2.00 bits per heavy atom. The summed E-state index contributed by atoms with van der Waals surface area (Å²) >= 11 is 1.43. The van der Waals surface area contributed by atoms with Gasteiger partial charge in [0.1, 0.15) is 0 Å². The number of nitrogen functional groups attached to an aromatic ring is 1. The standard InChI is InChI=1S/C14H16N2OS/c1-9-5-4-6-11(7-9)16(3)14(17)13-8-12(15)10(2)18-13/h4-8H,15H2,1-3H3. The van der Waals surface area contributed by atoms with Crippen LogP contribution in [-0.4, -0.2) is 13.0 Å². The van der Waals surface area contributed by atoms with Crippen LogP contribution >= 0.6 is 11.3 Å². The van der Waals surface area contributed by atoms with Gasteiger partial charge in [-0.3, -0.25) is 4.79 Å². The van der Waals surface area contributed by atoms with Gasteiger partial charge in [-0.25, -0.2) is 0 Å². The van der Waals surface area contributed by atoms with E-state index in [0.717, 1.165) is 16.1 Å². The van der Waals surface area contributed by atoms with E-state index >= 15 is 0 Å². The van der Waals surface area contributed by atoms with Gasteiger partial charge in [-0.05, 0) is 37.6 Å². The molecule has 0 spiro atoms. The van der Waals surface area contributed by atoms with E-state index in [9.17, 15) is 4.79 Å². The molecule has 0 aliphatic carbocycles. The molecule has 4 heteroatoms. The predicted molar refractivity (Wildman–Crippen MR) is 77.4 cm³/mol. The van der Waals surface area contributed by atoms with Crippen molar-refractivity contribution in [3.63, 3.8) is 0 Å². The highest BCUT2D eigenvalue weighted by Crippen LogP contribution is 2.26. The zero-order chi connectivity index (χ0) is 13.3. The lowest BCUT2D eigenvalue weighted by Crippen LogP contribution is -2.25. The molecule has 94 valence electrons. The Hall–Kier alpha value is -1.81. The molecule has 0 fully saturated rings. The van der Waals surface area contributed by atoms with Crippen molar-refractivity contribution in [2.45, 2.75) is 13.8 Å². The van der Waals surface area contributed by atoms with Gasteiger partial charge >= 0.3 is 0 Å².